The van der Waals surface area contributed by atoms with Crippen molar-refractivity contribution in [3.8, 4) is 111 Å². The van der Waals surface area contributed by atoms with E-state index in [9.17, 15) is 0 Å². The fourth-order valence-corrected chi connectivity index (χ4v) is 20.9. The highest BCUT2D eigenvalue weighted by molar-refractivity contribution is 6.18. The minimum atomic E-state index is 1.25. The van der Waals surface area contributed by atoms with E-state index in [0.717, 1.165) is 0 Å². The molecule has 0 N–H and O–H groups in total. The number of anilines is 10. The lowest BCUT2D eigenvalue weighted by molar-refractivity contribution is 1.22. The van der Waals surface area contributed by atoms with Gasteiger partial charge < -0.3 is 24.5 Å². The Kier molecular flexibility index (Phi) is 38.6. The summed E-state index contributed by atoms with van der Waals surface area (Å²) in [6, 6.07) is 162. The van der Waals surface area contributed by atoms with Gasteiger partial charge in [-0.05, 0) is 169 Å². The van der Waals surface area contributed by atoms with Crippen LogP contribution < -0.4 is 24.5 Å². The van der Waals surface area contributed by atoms with Crippen LogP contribution >= 0.6 is 0 Å². The molecule has 0 atom stereocenters. The van der Waals surface area contributed by atoms with Crippen molar-refractivity contribution in [3.63, 3.8) is 0 Å². The van der Waals surface area contributed by atoms with Gasteiger partial charge in [0.25, 0.3) is 0 Å². The summed E-state index contributed by atoms with van der Waals surface area (Å²) in [5.74, 6) is 0. The first-order chi connectivity index (χ1) is 73.1. The van der Waals surface area contributed by atoms with Gasteiger partial charge in [-0.25, -0.2) is 0 Å². The molecule has 746 valence electrons. The van der Waals surface area contributed by atoms with E-state index in [1.807, 2.05) is 138 Å². The molecule has 5 nitrogen and oxygen atoms in total. The Morgan fingerprint density at radius 1 is 0.108 bits per heavy atom. The molecule has 148 heavy (non-hydrogen) atoms. The molecule has 22 aromatic rings. The van der Waals surface area contributed by atoms with E-state index in [2.05, 4.69) is 509 Å². The van der Waals surface area contributed by atoms with Gasteiger partial charge >= 0.3 is 0 Å². The molecule has 0 saturated heterocycles. The molecule has 27 rings (SSSR count). The average Bonchev–Trinajstić information content (AvgIpc) is 1.57. The largest absolute Gasteiger partial charge is 0.344 e. The van der Waals surface area contributed by atoms with E-state index in [0.29, 0.717) is 0 Å². The van der Waals surface area contributed by atoms with Crippen molar-refractivity contribution in [1.82, 2.24) is 0 Å². The predicted octanol–water partition coefficient (Wildman–Crippen LogP) is 43.8. The molecule has 0 saturated carbocycles. The van der Waals surface area contributed by atoms with Crippen LogP contribution in [0.15, 0.2) is 449 Å². The molecule has 0 spiro atoms. The number of fused-ring (bicyclic) bond motifs is 37. The van der Waals surface area contributed by atoms with Crippen molar-refractivity contribution in [2.75, 3.05) is 59.7 Å². The summed E-state index contributed by atoms with van der Waals surface area (Å²) < 4.78 is 0. The Hall–Kier alpha value is -16.3. The standard InChI is InChI=1S/2C27H19N.3C23H17N.10C2H6/c1-28-25-17-15-18-8-2-4-10-20(18)26(25)23-13-7-6-12-22(23)24-16-14-19-9-3-5-11-21(19)27(24)28;1-28-26-17-20-10-3-2-9-19(20)16-25(26)23-13-7-6-12-22(23)24-15-14-18-8-4-5-11-21(18)27(24)28;1-24-21-13-7-6-11-19(21)18-10-4-5-12-20(18)23-17-9-3-2-8-16(17)14-15-22(23)24;1-24-22-13-7-6-12-20(22)18-10-4-5-11-19(18)21-14-16-8-2-3-9-17(16)15-23(21)24;1-24-22-13-7-6-12-20(22)18-10-4-5-11-19(18)21-15-14-16-8-2-3-9-17(16)23(21)24;10*1-2/h2*2-17H,1H3;3*2-15H,1H3;10*1-2H3. The monoisotopic (exact) mass is 1940 g/mol. The van der Waals surface area contributed by atoms with Crippen molar-refractivity contribution in [2.24, 2.45) is 0 Å². The molecular formula is C143H149N5. The lowest BCUT2D eigenvalue weighted by Crippen LogP contribution is -2.11. The van der Waals surface area contributed by atoms with Gasteiger partial charge in [-0.1, -0.05) is 533 Å². The van der Waals surface area contributed by atoms with Crippen LogP contribution in [0.3, 0.4) is 0 Å². The fourth-order valence-electron chi connectivity index (χ4n) is 20.9. The van der Waals surface area contributed by atoms with Crippen molar-refractivity contribution in [1.29, 1.82) is 0 Å². The summed E-state index contributed by atoms with van der Waals surface area (Å²) in [4.78, 5) is 11.7. The van der Waals surface area contributed by atoms with E-state index in [4.69, 9.17) is 0 Å². The van der Waals surface area contributed by atoms with E-state index in [1.54, 1.807) is 0 Å². The van der Waals surface area contributed by atoms with E-state index < -0.39 is 0 Å². The fraction of sp³-hybridized carbons (Fsp3) is 0.175. The minimum absolute atomic E-state index is 1.25. The second-order valence-electron chi connectivity index (χ2n) is 33.9. The van der Waals surface area contributed by atoms with Gasteiger partial charge in [0.15, 0.2) is 0 Å². The molecule has 5 heteroatoms. The number of benzene rings is 22. The number of nitrogens with zero attached hydrogens (tertiary/aromatic N) is 5. The smallest absolute Gasteiger partial charge is 0.0567 e. The Labute approximate surface area is 884 Å². The molecule has 0 aliphatic carbocycles. The second kappa shape index (κ2) is 52.4. The molecular weight excluding hydrogens is 1790 g/mol. The molecule has 22 aromatic carbocycles. The van der Waals surface area contributed by atoms with Gasteiger partial charge in [-0.15, -0.1) is 0 Å². The number of hydrogen-bond donors (Lipinski definition) is 0. The number of rotatable bonds is 0. The first-order valence-corrected chi connectivity index (χ1v) is 54.2. The number of para-hydroxylation sites is 3. The normalized spacial score (nSPS) is 11.1. The molecule has 0 unspecified atom stereocenters. The van der Waals surface area contributed by atoms with Crippen molar-refractivity contribution < 1.29 is 0 Å². The maximum atomic E-state index is 2.37. The molecule has 0 amide bonds. The van der Waals surface area contributed by atoms with E-state index in [-0.39, 0.29) is 0 Å². The highest BCUT2D eigenvalue weighted by Gasteiger charge is 2.31. The van der Waals surface area contributed by atoms with Crippen LogP contribution in [0.1, 0.15) is 138 Å². The molecule has 0 aromatic heterocycles. The van der Waals surface area contributed by atoms with E-state index in [1.165, 1.54) is 244 Å². The Balaban J connectivity index is 0.000000148. The summed E-state index contributed by atoms with van der Waals surface area (Å²) in [6.07, 6.45) is 0. The van der Waals surface area contributed by atoms with Crippen LogP contribution in [-0.4, -0.2) is 35.2 Å². The zero-order valence-corrected chi connectivity index (χ0v) is 92.0. The molecule has 5 aliphatic rings. The molecule has 0 bridgehead atoms. The summed E-state index contributed by atoms with van der Waals surface area (Å²) >= 11 is 0. The van der Waals surface area contributed by atoms with Gasteiger partial charge in [0.2, 0.25) is 0 Å². The van der Waals surface area contributed by atoms with Crippen LogP contribution in [0, 0.1) is 0 Å². The third-order valence-corrected chi connectivity index (χ3v) is 27.0. The zero-order chi connectivity index (χ0) is 106. The van der Waals surface area contributed by atoms with Crippen LogP contribution in [0.25, 0.3) is 187 Å². The predicted molar refractivity (Wildman–Crippen MR) is 663 cm³/mol. The molecule has 5 heterocycles. The zero-order valence-electron chi connectivity index (χ0n) is 92.0. The molecule has 5 aliphatic heterocycles. The van der Waals surface area contributed by atoms with Gasteiger partial charge in [0.1, 0.15) is 0 Å². The van der Waals surface area contributed by atoms with Crippen molar-refractivity contribution in [2.45, 2.75) is 138 Å². The molecule has 0 fully saturated rings. The van der Waals surface area contributed by atoms with Crippen LogP contribution in [-0.2, 0) is 0 Å². The maximum Gasteiger partial charge on any atom is 0.0567 e. The van der Waals surface area contributed by atoms with Crippen LogP contribution in [0.5, 0.6) is 0 Å². The van der Waals surface area contributed by atoms with Gasteiger partial charge in [-0.3, -0.25) is 0 Å². The van der Waals surface area contributed by atoms with Crippen molar-refractivity contribution >= 4 is 132 Å². The van der Waals surface area contributed by atoms with Crippen LogP contribution in [0.2, 0.25) is 0 Å². The highest BCUT2D eigenvalue weighted by atomic mass is 15.1. The number of hydrogen-bond acceptors (Lipinski definition) is 5. The van der Waals surface area contributed by atoms with Gasteiger partial charge in [-0.2, -0.15) is 0 Å². The first-order valence-electron chi connectivity index (χ1n) is 54.2. The van der Waals surface area contributed by atoms with Gasteiger partial charge in [0.05, 0.1) is 17.1 Å². The Bertz CT molecular complexity index is 8070. The minimum Gasteiger partial charge on any atom is -0.344 e. The Morgan fingerprint density at radius 3 is 0.595 bits per heavy atom. The Morgan fingerprint density at radius 2 is 0.284 bits per heavy atom. The lowest BCUT2D eigenvalue weighted by Gasteiger charge is -2.24. The van der Waals surface area contributed by atoms with E-state index >= 15 is 0 Å². The van der Waals surface area contributed by atoms with Gasteiger partial charge in [0, 0.05) is 147 Å². The third kappa shape index (κ3) is 21.3. The quantitative estimate of drug-likeness (QED) is 0.150. The molecule has 0 radical (unpaired) electrons. The SMILES string of the molecule is CC.CC.CC.CC.CC.CC.CC.CC.CC.CC.CN1c2cc3ccccc3cc2-c2ccccc2-c2ccc3ccccc3c21.CN1c2ccc3ccccc3c2-c2ccccc2-c2ccc3ccccc3c21.CN1c2ccccc2-c2ccccc2-c2c1ccc1ccccc21.CN1c2ccccc2-c2ccccc2-c2cc3ccccc3cc21.CN1c2ccccc2-c2ccccc2-c2ccc3ccccc3c21. The topological polar surface area (TPSA) is 16.2 Å². The summed E-state index contributed by atoms with van der Waals surface area (Å²) in [6.45, 7) is 40.0. The first kappa shape index (κ1) is 109. The summed E-state index contributed by atoms with van der Waals surface area (Å²) in [5.41, 5.74) is 38.6. The lowest BCUT2D eigenvalue weighted by atomic mass is 9.91. The maximum absolute atomic E-state index is 2.37. The van der Waals surface area contributed by atoms with Crippen molar-refractivity contribution in [3.05, 3.63) is 449 Å². The average molecular weight is 1940 g/mol. The highest BCUT2D eigenvalue weighted by Crippen LogP contribution is 2.57. The van der Waals surface area contributed by atoms with Crippen LogP contribution in [0.4, 0.5) is 56.9 Å². The summed E-state index contributed by atoms with van der Waals surface area (Å²) in [7, 11) is 10.9. The second-order valence-corrected chi connectivity index (χ2v) is 33.9. The summed E-state index contributed by atoms with van der Waals surface area (Å²) in [5, 5.41) is 18.0. The third-order valence-electron chi connectivity index (χ3n) is 27.0.